The van der Waals surface area contributed by atoms with Gasteiger partial charge in [0.05, 0.1) is 6.10 Å². The van der Waals surface area contributed by atoms with Gasteiger partial charge in [0.25, 0.3) is 0 Å². The van der Waals surface area contributed by atoms with Crippen LogP contribution in [0.2, 0.25) is 0 Å². The molecule has 2 aromatic rings. The molecule has 2 rings (SSSR count). The van der Waals surface area contributed by atoms with Crippen LogP contribution in [0, 0.1) is 5.92 Å². The molecule has 0 aliphatic heterocycles. The molecule has 0 aliphatic carbocycles. The Morgan fingerprint density at radius 2 is 1.67 bits per heavy atom. The average molecular weight is 326 g/mol. The van der Waals surface area contributed by atoms with Gasteiger partial charge in [-0.3, -0.25) is 9.69 Å². The van der Waals surface area contributed by atoms with E-state index in [2.05, 4.69) is 18.7 Å². The topological polar surface area (TPSA) is 66.6 Å². The molecule has 0 fully saturated rings. The van der Waals surface area contributed by atoms with Gasteiger partial charge >= 0.3 is 0 Å². The minimum Gasteiger partial charge on any atom is -0.387 e. The SMILES string of the molecule is CC(C)CN(Cc1ccc(C(N)=O)cc1)CC(O)c1ccccc1. The van der Waals surface area contributed by atoms with Gasteiger partial charge in [-0.05, 0) is 29.2 Å². The molecule has 3 N–H and O–H groups in total. The van der Waals surface area contributed by atoms with E-state index in [0.717, 1.165) is 24.2 Å². The molecule has 1 amide bonds. The summed E-state index contributed by atoms with van der Waals surface area (Å²) in [6, 6.07) is 17.0. The number of aliphatic hydroxyl groups is 1. The Kier molecular flexibility index (Phi) is 6.53. The highest BCUT2D eigenvalue weighted by Gasteiger charge is 2.15. The summed E-state index contributed by atoms with van der Waals surface area (Å²) in [5.74, 6) is 0.0814. The minimum atomic E-state index is -0.519. The fourth-order valence-corrected chi connectivity index (χ4v) is 2.78. The first-order chi connectivity index (χ1) is 11.5. The highest BCUT2D eigenvalue weighted by Crippen LogP contribution is 2.17. The largest absolute Gasteiger partial charge is 0.387 e. The average Bonchev–Trinajstić information content (AvgIpc) is 2.55. The van der Waals surface area contributed by atoms with Crippen LogP contribution in [0.5, 0.6) is 0 Å². The summed E-state index contributed by atoms with van der Waals surface area (Å²) >= 11 is 0. The zero-order chi connectivity index (χ0) is 17.5. The molecule has 0 radical (unpaired) electrons. The lowest BCUT2D eigenvalue weighted by atomic mass is 10.1. The van der Waals surface area contributed by atoms with Crippen molar-refractivity contribution in [3.8, 4) is 0 Å². The summed E-state index contributed by atoms with van der Waals surface area (Å²) in [5, 5.41) is 10.5. The van der Waals surface area contributed by atoms with Crippen molar-refractivity contribution in [2.24, 2.45) is 11.7 Å². The van der Waals surface area contributed by atoms with E-state index in [1.807, 2.05) is 42.5 Å². The molecule has 0 aliphatic rings. The predicted molar refractivity (Wildman–Crippen MR) is 96.5 cm³/mol. The molecule has 24 heavy (non-hydrogen) atoms. The van der Waals surface area contributed by atoms with E-state index in [9.17, 15) is 9.90 Å². The second-order valence-corrected chi connectivity index (χ2v) is 6.58. The first-order valence-electron chi connectivity index (χ1n) is 8.30. The molecular weight excluding hydrogens is 300 g/mol. The van der Waals surface area contributed by atoms with Crippen LogP contribution in [0.1, 0.15) is 41.4 Å². The van der Waals surface area contributed by atoms with Crippen molar-refractivity contribution in [1.29, 1.82) is 0 Å². The van der Waals surface area contributed by atoms with Crippen molar-refractivity contribution in [3.05, 3.63) is 71.3 Å². The summed E-state index contributed by atoms with van der Waals surface area (Å²) in [6.45, 7) is 6.51. The second kappa shape index (κ2) is 8.62. The van der Waals surface area contributed by atoms with Crippen molar-refractivity contribution < 1.29 is 9.90 Å². The van der Waals surface area contributed by atoms with Crippen molar-refractivity contribution in [1.82, 2.24) is 4.90 Å². The third-order valence-electron chi connectivity index (χ3n) is 3.88. The molecule has 0 saturated carbocycles. The van der Waals surface area contributed by atoms with Crippen LogP contribution in [0.3, 0.4) is 0 Å². The van der Waals surface area contributed by atoms with Crippen LogP contribution in [0.15, 0.2) is 54.6 Å². The van der Waals surface area contributed by atoms with E-state index < -0.39 is 12.0 Å². The fourth-order valence-electron chi connectivity index (χ4n) is 2.78. The van der Waals surface area contributed by atoms with Crippen LogP contribution in [0.25, 0.3) is 0 Å². The van der Waals surface area contributed by atoms with Crippen LogP contribution in [0.4, 0.5) is 0 Å². The molecule has 0 spiro atoms. The first kappa shape index (κ1) is 18.2. The lowest BCUT2D eigenvalue weighted by Crippen LogP contribution is -2.31. The molecule has 0 saturated heterocycles. The number of hydrogen-bond acceptors (Lipinski definition) is 3. The standard InChI is InChI=1S/C20H26N2O2/c1-15(2)12-22(14-19(23)17-6-4-3-5-7-17)13-16-8-10-18(11-9-16)20(21)24/h3-11,15,19,23H,12-14H2,1-2H3,(H2,21,24). The Hall–Kier alpha value is -2.17. The maximum Gasteiger partial charge on any atom is 0.248 e. The molecule has 2 aromatic carbocycles. The van der Waals surface area contributed by atoms with E-state index in [1.165, 1.54) is 0 Å². The zero-order valence-corrected chi connectivity index (χ0v) is 14.4. The Balaban J connectivity index is 2.06. The summed E-state index contributed by atoms with van der Waals surface area (Å²) in [5.41, 5.74) is 7.82. The third-order valence-corrected chi connectivity index (χ3v) is 3.88. The van der Waals surface area contributed by atoms with Crippen LogP contribution in [-0.2, 0) is 6.54 Å². The van der Waals surface area contributed by atoms with Gasteiger partial charge in [0.2, 0.25) is 5.91 Å². The number of amides is 1. The van der Waals surface area contributed by atoms with Gasteiger partial charge in [-0.1, -0.05) is 56.3 Å². The summed E-state index contributed by atoms with van der Waals surface area (Å²) in [6.07, 6.45) is -0.519. The number of aliphatic hydroxyl groups excluding tert-OH is 1. The molecule has 4 heteroatoms. The van der Waals surface area contributed by atoms with E-state index in [1.54, 1.807) is 12.1 Å². The van der Waals surface area contributed by atoms with Crippen molar-refractivity contribution in [2.75, 3.05) is 13.1 Å². The molecule has 0 bridgehead atoms. The van der Waals surface area contributed by atoms with Crippen molar-refractivity contribution in [3.63, 3.8) is 0 Å². The Bertz CT molecular complexity index is 638. The number of benzene rings is 2. The Morgan fingerprint density at radius 1 is 1.04 bits per heavy atom. The van der Waals surface area contributed by atoms with Gasteiger partial charge in [-0.25, -0.2) is 0 Å². The highest BCUT2D eigenvalue weighted by atomic mass is 16.3. The molecule has 1 unspecified atom stereocenters. The second-order valence-electron chi connectivity index (χ2n) is 6.58. The number of nitrogens with zero attached hydrogens (tertiary/aromatic N) is 1. The number of carbonyl (C=O) groups is 1. The Labute approximate surface area is 143 Å². The lowest BCUT2D eigenvalue weighted by Gasteiger charge is -2.27. The third kappa shape index (κ3) is 5.48. The minimum absolute atomic E-state index is 0.417. The highest BCUT2D eigenvalue weighted by molar-refractivity contribution is 5.92. The van der Waals surface area contributed by atoms with Gasteiger partial charge in [0.15, 0.2) is 0 Å². The van der Waals surface area contributed by atoms with Crippen molar-refractivity contribution in [2.45, 2.75) is 26.5 Å². The van der Waals surface area contributed by atoms with Gasteiger partial charge < -0.3 is 10.8 Å². The number of carbonyl (C=O) groups excluding carboxylic acids is 1. The maximum absolute atomic E-state index is 11.2. The molecule has 4 nitrogen and oxygen atoms in total. The van der Waals surface area contributed by atoms with Gasteiger partial charge in [-0.15, -0.1) is 0 Å². The zero-order valence-electron chi connectivity index (χ0n) is 14.4. The summed E-state index contributed by atoms with van der Waals surface area (Å²) < 4.78 is 0. The number of nitrogens with two attached hydrogens (primary N) is 1. The van der Waals surface area contributed by atoms with E-state index in [4.69, 9.17) is 5.73 Å². The van der Waals surface area contributed by atoms with Gasteiger partial charge in [0, 0.05) is 25.2 Å². The van der Waals surface area contributed by atoms with Crippen molar-refractivity contribution >= 4 is 5.91 Å². The van der Waals surface area contributed by atoms with E-state index in [0.29, 0.717) is 18.0 Å². The number of rotatable bonds is 8. The quantitative estimate of drug-likeness (QED) is 0.784. The summed E-state index contributed by atoms with van der Waals surface area (Å²) in [4.78, 5) is 13.4. The molecule has 128 valence electrons. The normalized spacial score (nSPS) is 12.5. The summed E-state index contributed by atoms with van der Waals surface area (Å²) in [7, 11) is 0. The smallest absolute Gasteiger partial charge is 0.248 e. The van der Waals surface area contributed by atoms with E-state index >= 15 is 0 Å². The van der Waals surface area contributed by atoms with Crippen LogP contribution in [-0.4, -0.2) is 29.0 Å². The van der Waals surface area contributed by atoms with Gasteiger partial charge in [-0.2, -0.15) is 0 Å². The molecule has 0 heterocycles. The van der Waals surface area contributed by atoms with Crippen LogP contribution < -0.4 is 5.73 Å². The Morgan fingerprint density at radius 3 is 2.21 bits per heavy atom. The molecule has 1 atom stereocenters. The number of primary amides is 1. The molecule has 0 aromatic heterocycles. The maximum atomic E-state index is 11.2. The number of hydrogen-bond donors (Lipinski definition) is 2. The molecular formula is C20H26N2O2. The predicted octanol–water partition coefficient (Wildman–Crippen LogP) is 2.98. The fraction of sp³-hybridized carbons (Fsp3) is 0.350. The lowest BCUT2D eigenvalue weighted by molar-refractivity contribution is 0.100. The van der Waals surface area contributed by atoms with Crippen LogP contribution >= 0.6 is 0 Å². The monoisotopic (exact) mass is 326 g/mol. The first-order valence-corrected chi connectivity index (χ1v) is 8.30. The van der Waals surface area contributed by atoms with Gasteiger partial charge in [0.1, 0.15) is 0 Å². The van der Waals surface area contributed by atoms with E-state index in [-0.39, 0.29) is 0 Å².